The van der Waals surface area contributed by atoms with Gasteiger partial charge in [0, 0.05) is 17.8 Å². The molecule has 0 aromatic heterocycles. The standard InChI is InChI=1S/C16H18ClNO/c1-3-18(14-8-4-6-12(2)10-14)16-13(11-19)7-5-9-15(16)17/h4-10,19H,3,11H2,1-2H3. The van der Waals surface area contributed by atoms with Crippen LogP contribution in [0.15, 0.2) is 42.5 Å². The molecule has 100 valence electrons. The summed E-state index contributed by atoms with van der Waals surface area (Å²) in [6.07, 6.45) is 0. The molecule has 0 aliphatic rings. The molecule has 2 aromatic rings. The lowest BCUT2D eigenvalue weighted by molar-refractivity contribution is 0.282. The van der Waals surface area contributed by atoms with E-state index >= 15 is 0 Å². The van der Waals surface area contributed by atoms with Crippen molar-refractivity contribution in [3.8, 4) is 0 Å². The van der Waals surface area contributed by atoms with Gasteiger partial charge in [0.25, 0.3) is 0 Å². The van der Waals surface area contributed by atoms with Crippen LogP contribution in [0.5, 0.6) is 0 Å². The average Bonchev–Trinajstić information content (AvgIpc) is 2.41. The Morgan fingerprint density at radius 1 is 1.16 bits per heavy atom. The summed E-state index contributed by atoms with van der Waals surface area (Å²) >= 11 is 6.32. The molecule has 19 heavy (non-hydrogen) atoms. The van der Waals surface area contributed by atoms with Gasteiger partial charge in [0.1, 0.15) is 0 Å². The summed E-state index contributed by atoms with van der Waals surface area (Å²) < 4.78 is 0. The van der Waals surface area contributed by atoms with Crippen molar-refractivity contribution in [2.45, 2.75) is 20.5 Å². The van der Waals surface area contributed by atoms with Gasteiger partial charge in [-0.3, -0.25) is 0 Å². The molecule has 2 aromatic carbocycles. The van der Waals surface area contributed by atoms with Crippen LogP contribution in [0.2, 0.25) is 5.02 Å². The highest BCUT2D eigenvalue weighted by molar-refractivity contribution is 6.33. The van der Waals surface area contributed by atoms with Gasteiger partial charge < -0.3 is 10.0 Å². The number of rotatable bonds is 4. The van der Waals surface area contributed by atoms with Gasteiger partial charge >= 0.3 is 0 Å². The zero-order valence-electron chi connectivity index (χ0n) is 11.2. The molecule has 0 amide bonds. The third-order valence-electron chi connectivity index (χ3n) is 3.14. The van der Waals surface area contributed by atoms with Gasteiger partial charge in [0.2, 0.25) is 0 Å². The van der Waals surface area contributed by atoms with Gasteiger partial charge in [0.15, 0.2) is 0 Å². The van der Waals surface area contributed by atoms with Crippen LogP contribution in [0.3, 0.4) is 0 Å². The highest BCUT2D eigenvalue weighted by atomic mass is 35.5. The van der Waals surface area contributed by atoms with Crippen LogP contribution in [0.4, 0.5) is 11.4 Å². The van der Waals surface area contributed by atoms with E-state index in [9.17, 15) is 5.11 Å². The number of aliphatic hydroxyl groups is 1. The molecule has 0 bridgehead atoms. The van der Waals surface area contributed by atoms with Crippen LogP contribution in [0, 0.1) is 6.92 Å². The van der Waals surface area contributed by atoms with Gasteiger partial charge in [-0.05, 0) is 37.6 Å². The van der Waals surface area contributed by atoms with Crippen molar-refractivity contribution in [1.82, 2.24) is 0 Å². The molecule has 0 radical (unpaired) electrons. The summed E-state index contributed by atoms with van der Waals surface area (Å²) in [5, 5.41) is 10.2. The predicted molar refractivity (Wildman–Crippen MR) is 81.2 cm³/mol. The minimum atomic E-state index is -0.0157. The molecule has 3 heteroatoms. The molecular formula is C16H18ClNO. The van der Waals surface area contributed by atoms with Gasteiger partial charge in [0.05, 0.1) is 17.3 Å². The van der Waals surface area contributed by atoms with Crippen LogP contribution in [-0.4, -0.2) is 11.7 Å². The second-order valence-corrected chi connectivity index (χ2v) is 4.90. The summed E-state index contributed by atoms with van der Waals surface area (Å²) in [6.45, 7) is 4.92. The summed E-state index contributed by atoms with van der Waals surface area (Å²) in [6, 6.07) is 13.9. The zero-order valence-corrected chi connectivity index (χ0v) is 12.0. The summed E-state index contributed by atoms with van der Waals surface area (Å²) in [5.41, 5.74) is 4.02. The topological polar surface area (TPSA) is 23.5 Å². The lowest BCUT2D eigenvalue weighted by Gasteiger charge is -2.27. The van der Waals surface area contributed by atoms with E-state index in [4.69, 9.17) is 11.6 Å². The molecule has 0 heterocycles. The molecule has 0 fully saturated rings. The highest BCUT2D eigenvalue weighted by Crippen LogP contribution is 2.35. The summed E-state index contributed by atoms with van der Waals surface area (Å²) in [4.78, 5) is 2.13. The lowest BCUT2D eigenvalue weighted by Crippen LogP contribution is -2.18. The van der Waals surface area contributed by atoms with Crippen molar-refractivity contribution >= 4 is 23.0 Å². The number of anilines is 2. The summed E-state index contributed by atoms with van der Waals surface area (Å²) in [5.74, 6) is 0. The number of aliphatic hydroxyl groups excluding tert-OH is 1. The number of hydrogen-bond donors (Lipinski definition) is 1. The summed E-state index contributed by atoms with van der Waals surface area (Å²) in [7, 11) is 0. The van der Waals surface area contributed by atoms with E-state index in [1.165, 1.54) is 5.56 Å². The first kappa shape index (κ1) is 13.9. The quantitative estimate of drug-likeness (QED) is 0.899. The second kappa shape index (κ2) is 6.09. The number of nitrogens with zero attached hydrogens (tertiary/aromatic N) is 1. The third kappa shape index (κ3) is 2.91. The monoisotopic (exact) mass is 275 g/mol. The predicted octanol–water partition coefficient (Wildman–Crippen LogP) is 4.30. The second-order valence-electron chi connectivity index (χ2n) is 4.49. The molecule has 0 spiro atoms. The molecule has 2 nitrogen and oxygen atoms in total. The Labute approximate surface area is 119 Å². The Hall–Kier alpha value is -1.51. The van der Waals surface area contributed by atoms with Crippen molar-refractivity contribution in [2.24, 2.45) is 0 Å². The maximum Gasteiger partial charge on any atom is 0.0702 e. The maximum atomic E-state index is 9.50. The fourth-order valence-electron chi connectivity index (χ4n) is 2.26. The molecule has 2 rings (SSSR count). The molecular weight excluding hydrogens is 258 g/mol. The van der Waals surface area contributed by atoms with E-state index in [0.29, 0.717) is 5.02 Å². The van der Waals surface area contributed by atoms with Crippen LogP contribution in [-0.2, 0) is 6.61 Å². The minimum Gasteiger partial charge on any atom is -0.392 e. The molecule has 0 saturated carbocycles. The Bertz CT molecular complexity index is 568. The van der Waals surface area contributed by atoms with E-state index in [-0.39, 0.29) is 6.61 Å². The SMILES string of the molecule is CCN(c1cccc(C)c1)c1c(Cl)cccc1CO. The van der Waals surface area contributed by atoms with E-state index in [2.05, 4.69) is 36.9 Å². The van der Waals surface area contributed by atoms with Gasteiger partial charge in [-0.1, -0.05) is 35.9 Å². The van der Waals surface area contributed by atoms with Crippen LogP contribution >= 0.6 is 11.6 Å². The van der Waals surface area contributed by atoms with Crippen molar-refractivity contribution < 1.29 is 5.11 Å². The number of hydrogen-bond acceptors (Lipinski definition) is 2. The smallest absolute Gasteiger partial charge is 0.0702 e. The van der Waals surface area contributed by atoms with E-state index < -0.39 is 0 Å². The van der Waals surface area contributed by atoms with Crippen molar-refractivity contribution in [2.75, 3.05) is 11.4 Å². The first-order valence-corrected chi connectivity index (χ1v) is 6.77. The molecule has 1 N–H and O–H groups in total. The number of para-hydroxylation sites is 1. The van der Waals surface area contributed by atoms with Gasteiger partial charge in [-0.2, -0.15) is 0 Å². The maximum absolute atomic E-state index is 9.50. The molecule has 0 aliphatic carbocycles. The van der Waals surface area contributed by atoms with Gasteiger partial charge in [-0.15, -0.1) is 0 Å². The molecule has 0 saturated heterocycles. The largest absolute Gasteiger partial charge is 0.392 e. The van der Waals surface area contributed by atoms with Crippen LogP contribution in [0.25, 0.3) is 0 Å². The third-order valence-corrected chi connectivity index (χ3v) is 3.45. The number of benzene rings is 2. The fraction of sp³-hybridized carbons (Fsp3) is 0.250. The normalized spacial score (nSPS) is 10.5. The van der Waals surface area contributed by atoms with Crippen LogP contribution in [0.1, 0.15) is 18.1 Å². The Morgan fingerprint density at radius 2 is 1.89 bits per heavy atom. The average molecular weight is 276 g/mol. The number of halogens is 1. The fourth-order valence-corrected chi connectivity index (χ4v) is 2.55. The highest BCUT2D eigenvalue weighted by Gasteiger charge is 2.15. The zero-order chi connectivity index (χ0) is 13.8. The Morgan fingerprint density at radius 3 is 2.53 bits per heavy atom. The Balaban J connectivity index is 2.54. The first-order chi connectivity index (χ1) is 9.17. The van der Waals surface area contributed by atoms with Gasteiger partial charge in [-0.25, -0.2) is 0 Å². The lowest BCUT2D eigenvalue weighted by atomic mass is 10.1. The molecule has 0 unspecified atom stereocenters. The minimum absolute atomic E-state index is 0.0157. The van der Waals surface area contributed by atoms with E-state index in [1.807, 2.05) is 24.3 Å². The van der Waals surface area contributed by atoms with E-state index in [1.54, 1.807) is 0 Å². The first-order valence-electron chi connectivity index (χ1n) is 6.39. The van der Waals surface area contributed by atoms with Crippen molar-refractivity contribution in [1.29, 1.82) is 0 Å². The molecule has 0 atom stereocenters. The molecule has 0 aliphatic heterocycles. The number of aryl methyl sites for hydroxylation is 1. The van der Waals surface area contributed by atoms with Crippen molar-refractivity contribution in [3.63, 3.8) is 0 Å². The van der Waals surface area contributed by atoms with Crippen LogP contribution < -0.4 is 4.90 Å². The van der Waals surface area contributed by atoms with Crippen molar-refractivity contribution in [3.05, 3.63) is 58.6 Å². The van der Waals surface area contributed by atoms with E-state index in [0.717, 1.165) is 23.5 Å². The Kier molecular flexibility index (Phi) is 4.46.